The standard InChI is InChI=1S/C14H20N4OS/c1-2-13-15-16-14(19-13)11-18-7-5-17(6-8-18)10-12-4-3-9-20-12/h3-4,9H,2,5-8,10-11H2,1H3. The van der Waals surface area contributed by atoms with Gasteiger partial charge < -0.3 is 4.42 Å². The van der Waals surface area contributed by atoms with E-state index in [1.54, 1.807) is 0 Å². The maximum Gasteiger partial charge on any atom is 0.230 e. The van der Waals surface area contributed by atoms with Crippen LogP contribution < -0.4 is 0 Å². The second kappa shape index (κ2) is 6.47. The summed E-state index contributed by atoms with van der Waals surface area (Å²) in [6.45, 7) is 8.22. The fourth-order valence-electron chi connectivity index (χ4n) is 2.41. The van der Waals surface area contributed by atoms with Gasteiger partial charge >= 0.3 is 0 Å². The van der Waals surface area contributed by atoms with Crippen molar-refractivity contribution in [3.63, 3.8) is 0 Å². The number of nitrogens with zero attached hydrogens (tertiary/aromatic N) is 4. The summed E-state index contributed by atoms with van der Waals surface area (Å²) in [7, 11) is 0. The van der Waals surface area contributed by atoms with Gasteiger partial charge in [-0.15, -0.1) is 21.5 Å². The van der Waals surface area contributed by atoms with E-state index in [0.717, 1.165) is 57.5 Å². The molecular weight excluding hydrogens is 272 g/mol. The van der Waals surface area contributed by atoms with E-state index < -0.39 is 0 Å². The number of piperazine rings is 1. The monoisotopic (exact) mass is 292 g/mol. The van der Waals surface area contributed by atoms with Gasteiger partial charge in [0.05, 0.1) is 6.54 Å². The number of aromatic nitrogens is 2. The lowest BCUT2D eigenvalue weighted by Gasteiger charge is -2.33. The van der Waals surface area contributed by atoms with E-state index in [2.05, 4.69) is 37.5 Å². The summed E-state index contributed by atoms with van der Waals surface area (Å²) in [5.41, 5.74) is 0. The fraction of sp³-hybridized carbons (Fsp3) is 0.571. The van der Waals surface area contributed by atoms with Crippen LogP contribution >= 0.6 is 11.3 Å². The van der Waals surface area contributed by atoms with Gasteiger partial charge in [-0.05, 0) is 11.4 Å². The van der Waals surface area contributed by atoms with Gasteiger partial charge in [0.15, 0.2) is 0 Å². The molecule has 0 aromatic carbocycles. The van der Waals surface area contributed by atoms with Crippen LogP contribution in [-0.4, -0.2) is 46.2 Å². The predicted molar refractivity (Wildman–Crippen MR) is 78.5 cm³/mol. The highest BCUT2D eigenvalue weighted by Gasteiger charge is 2.19. The fourth-order valence-corrected chi connectivity index (χ4v) is 3.16. The molecule has 0 spiro atoms. The minimum atomic E-state index is 0.733. The van der Waals surface area contributed by atoms with Crippen molar-refractivity contribution >= 4 is 11.3 Å². The smallest absolute Gasteiger partial charge is 0.230 e. The van der Waals surface area contributed by atoms with Gasteiger partial charge in [0.2, 0.25) is 11.8 Å². The van der Waals surface area contributed by atoms with Gasteiger partial charge in [0, 0.05) is 44.0 Å². The van der Waals surface area contributed by atoms with Crippen LogP contribution in [-0.2, 0) is 19.5 Å². The highest BCUT2D eigenvalue weighted by Crippen LogP contribution is 2.14. The second-order valence-electron chi connectivity index (χ2n) is 5.07. The van der Waals surface area contributed by atoms with Gasteiger partial charge in [0.1, 0.15) is 0 Å². The third kappa shape index (κ3) is 3.45. The third-order valence-corrected chi connectivity index (χ3v) is 4.46. The van der Waals surface area contributed by atoms with E-state index >= 15 is 0 Å². The van der Waals surface area contributed by atoms with E-state index in [-0.39, 0.29) is 0 Å². The Bertz CT molecular complexity index is 517. The summed E-state index contributed by atoms with van der Waals surface area (Å²) < 4.78 is 5.57. The molecule has 3 rings (SSSR count). The van der Waals surface area contributed by atoms with Gasteiger partial charge in [-0.2, -0.15) is 0 Å². The Morgan fingerprint density at radius 1 is 1.10 bits per heavy atom. The molecule has 0 aliphatic carbocycles. The van der Waals surface area contributed by atoms with Crippen molar-refractivity contribution in [2.45, 2.75) is 26.4 Å². The van der Waals surface area contributed by atoms with Crippen molar-refractivity contribution in [2.24, 2.45) is 0 Å². The zero-order valence-electron chi connectivity index (χ0n) is 11.8. The molecule has 2 aromatic rings. The van der Waals surface area contributed by atoms with Gasteiger partial charge in [-0.1, -0.05) is 13.0 Å². The highest BCUT2D eigenvalue weighted by molar-refractivity contribution is 7.09. The molecule has 1 fully saturated rings. The van der Waals surface area contributed by atoms with Crippen molar-refractivity contribution in [3.05, 3.63) is 34.2 Å². The average molecular weight is 292 g/mol. The number of hydrogen-bond donors (Lipinski definition) is 0. The third-order valence-electron chi connectivity index (χ3n) is 3.59. The van der Waals surface area contributed by atoms with Gasteiger partial charge in [-0.3, -0.25) is 9.80 Å². The van der Waals surface area contributed by atoms with E-state index in [9.17, 15) is 0 Å². The number of hydrogen-bond acceptors (Lipinski definition) is 6. The first kappa shape index (κ1) is 13.7. The molecule has 0 saturated carbocycles. The summed E-state index contributed by atoms with van der Waals surface area (Å²) in [4.78, 5) is 6.34. The van der Waals surface area contributed by atoms with Crippen molar-refractivity contribution in [3.8, 4) is 0 Å². The first-order valence-electron chi connectivity index (χ1n) is 7.12. The molecule has 6 heteroatoms. The Morgan fingerprint density at radius 2 is 1.80 bits per heavy atom. The Balaban J connectivity index is 1.46. The molecule has 0 amide bonds. The first-order chi connectivity index (χ1) is 9.83. The number of aryl methyl sites for hydroxylation is 1. The van der Waals surface area contributed by atoms with Crippen LogP contribution in [0.2, 0.25) is 0 Å². The Kier molecular flexibility index (Phi) is 4.44. The minimum absolute atomic E-state index is 0.733. The molecule has 1 aliphatic heterocycles. The largest absolute Gasteiger partial charge is 0.424 e. The molecular formula is C14H20N4OS. The van der Waals surface area contributed by atoms with E-state index in [4.69, 9.17) is 4.42 Å². The lowest BCUT2D eigenvalue weighted by Crippen LogP contribution is -2.45. The van der Waals surface area contributed by atoms with Crippen molar-refractivity contribution < 1.29 is 4.42 Å². The van der Waals surface area contributed by atoms with E-state index in [0.29, 0.717) is 0 Å². The van der Waals surface area contributed by atoms with Crippen LogP contribution in [0.25, 0.3) is 0 Å². The number of thiophene rings is 1. The molecule has 20 heavy (non-hydrogen) atoms. The maximum atomic E-state index is 5.57. The summed E-state index contributed by atoms with van der Waals surface area (Å²) in [5.74, 6) is 1.48. The molecule has 1 saturated heterocycles. The van der Waals surface area contributed by atoms with Crippen LogP contribution in [0, 0.1) is 0 Å². The van der Waals surface area contributed by atoms with Crippen LogP contribution in [0.1, 0.15) is 23.6 Å². The SMILES string of the molecule is CCc1nnc(CN2CCN(Cc3cccs3)CC2)o1. The summed E-state index contributed by atoms with van der Waals surface area (Å²) in [6, 6.07) is 4.33. The summed E-state index contributed by atoms with van der Waals surface area (Å²) >= 11 is 1.84. The molecule has 0 radical (unpaired) electrons. The van der Waals surface area contributed by atoms with Gasteiger partial charge in [0.25, 0.3) is 0 Å². The Morgan fingerprint density at radius 3 is 2.40 bits per heavy atom. The van der Waals surface area contributed by atoms with Crippen LogP contribution in [0.3, 0.4) is 0 Å². The average Bonchev–Trinajstić information content (AvgIpc) is 3.12. The maximum absolute atomic E-state index is 5.57. The zero-order chi connectivity index (χ0) is 13.8. The summed E-state index contributed by atoms with van der Waals surface area (Å²) in [6.07, 6.45) is 0.807. The zero-order valence-corrected chi connectivity index (χ0v) is 12.6. The molecule has 0 bridgehead atoms. The normalized spacial score (nSPS) is 17.6. The molecule has 2 aromatic heterocycles. The number of rotatable bonds is 5. The van der Waals surface area contributed by atoms with Crippen LogP contribution in [0.5, 0.6) is 0 Å². The summed E-state index contributed by atoms with van der Waals surface area (Å²) in [5, 5.41) is 10.2. The molecule has 3 heterocycles. The topological polar surface area (TPSA) is 45.4 Å². The Labute approximate surface area is 123 Å². The van der Waals surface area contributed by atoms with E-state index in [1.165, 1.54) is 4.88 Å². The van der Waals surface area contributed by atoms with E-state index in [1.807, 2.05) is 18.3 Å². The van der Waals surface area contributed by atoms with Crippen molar-refractivity contribution in [1.82, 2.24) is 20.0 Å². The first-order valence-corrected chi connectivity index (χ1v) is 8.00. The lowest BCUT2D eigenvalue weighted by molar-refractivity contribution is 0.115. The molecule has 0 N–H and O–H groups in total. The lowest BCUT2D eigenvalue weighted by atomic mass is 10.3. The molecule has 0 atom stereocenters. The molecule has 108 valence electrons. The predicted octanol–water partition coefficient (Wildman–Crippen LogP) is 2.01. The quantitative estimate of drug-likeness (QED) is 0.843. The van der Waals surface area contributed by atoms with Crippen LogP contribution in [0.4, 0.5) is 0 Å². The molecule has 0 unspecified atom stereocenters. The van der Waals surface area contributed by atoms with Gasteiger partial charge in [-0.25, -0.2) is 0 Å². The van der Waals surface area contributed by atoms with Crippen molar-refractivity contribution in [2.75, 3.05) is 26.2 Å². The molecule has 5 nitrogen and oxygen atoms in total. The highest BCUT2D eigenvalue weighted by atomic mass is 32.1. The Hall–Kier alpha value is -1.24. The van der Waals surface area contributed by atoms with Crippen LogP contribution in [0.15, 0.2) is 21.9 Å². The molecule has 1 aliphatic rings. The minimum Gasteiger partial charge on any atom is -0.424 e. The second-order valence-corrected chi connectivity index (χ2v) is 6.11. The van der Waals surface area contributed by atoms with Crippen molar-refractivity contribution in [1.29, 1.82) is 0 Å².